The molecular formula is C11H12ClN3O2S2. The van der Waals surface area contributed by atoms with E-state index in [9.17, 15) is 8.42 Å². The summed E-state index contributed by atoms with van der Waals surface area (Å²) in [4.78, 5) is 4.34. The molecule has 0 bridgehead atoms. The molecule has 8 heteroatoms. The highest BCUT2D eigenvalue weighted by molar-refractivity contribution is 7.89. The number of anilines is 1. The summed E-state index contributed by atoms with van der Waals surface area (Å²) < 4.78 is 26.5. The lowest BCUT2D eigenvalue weighted by molar-refractivity contribution is 0.580. The SMILES string of the molecule is CNc1nc(CNS(=O)(=O)c2cccc(Cl)c2)cs1. The molecular weight excluding hydrogens is 306 g/mol. The summed E-state index contributed by atoms with van der Waals surface area (Å²) in [6.45, 7) is 0.146. The van der Waals surface area contributed by atoms with Crippen molar-refractivity contribution >= 4 is 38.1 Å². The van der Waals surface area contributed by atoms with E-state index in [1.54, 1.807) is 24.6 Å². The minimum atomic E-state index is -3.57. The Balaban J connectivity index is 2.09. The molecule has 5 nitrogen and oxygen atoms in total. The van der Waals surface area contributed by atoms with Gasteiger partial charge in [-0.15, -0.1) is 11.3 Å². The minimum absolute atomic E-state index is 0.143. The Hall–Kier alpha value is -1.15. The van der Waals surface area contributed by atoms with Crippen molar-refractivity contribution in [2.75, 3.05) is 12.4 Å². The predicted molar refractivity (Wildman–Crippen MR) is 77.1 cm³/mol. The molecule has 1 aromatic carbocycles. The van der Waals surface area contributed by atoms with Crippen LogP contribution in [0.25, 0.3) is 0 Å². The molecule has 0 aliphatic rings. The maximum absolute atomic E-state index is 12.0. The number of thiazole rings is 1. The third-order valence-corrected chi connectivity index (χ3v) is 4.86. The van der Waals surface area contributed by atoms with Crippen LogP contribution >= 0.6 is 22.9 Å². The first kappa shape index (κ1) is 14.3. The number of rotatable bonds is 5. The Kier molecular flexibility index (Phi) is 4.41. The van der Waals surface area contributed by atoms with Gasteiger partial charge in [0, 0.05) is 17.5 Å². The first-order valence-electron chi connectivity index (χ1n) is 5.38. The smallest absolute Gasteiger partial charge is 0.240 e. The van der Waals surface area contributed by atoms with Gasteiger partial charge in [-0.1, -0.05) is 17.7 Å². The van der Waals surface area contributed by atoms with E-state index in [-0.39, 0.29) is 11.4 Å². The molecule has 0 atom stereocenters. The van der Waals surface area contributed by atoms with Crippen LogP contribution in [-0.2, 0) is 16.6 Å². The molecule has 102 valence electrons. The first-order valence-corrected chi connectivity index (χ1v) is 8.13. The molecule has 0 radical (unpaired) electrons. The van der Waals surface area contributed by atoms with Gasteiger partial charge in [0.15, 0.2) is 5.13 Å². The summed E-state index contributed by atoms with van der Waals surface area (Å²) in [7, 11) is -1.81. The van der Waals surface area contributed by atoms with Gasteiger partial charge in [0.05, 0.1) is 17.1 Å². The fourth-order valence-corrected chi connectivity index (χ4v) is 3.36. The molecule has 2 N–H and O–H groups in total. The highest BCUT2D eigenvalue weighted by atomic mass is 35.5. The van der Waals surface area contributed by atoms with Crippen LogP contribution in [0.15, 0.2) is 34.5 Å². The maximum atomic E-state index is 12.0. The van der Waals surface area contributed by atoms with Gasteiger partial charge < -0.3 is 5.32 Å². The Morgan fingerprint density at radius 2 is 2.21 bits per heavy atom. The third kappa shape index (κ3) is 3.66. The fourth-order valence-electron chi connectivity index (χ4n) is 1.39. The average Bonchev–Trinajstić information content (AvgIpc) is 2.84. The van der Waals surface area contributed by atoms with Crippen LogP contribution in [0.1, 0.15) is 5.69 Å². The summed E-state index contributed by atoms with van der Waals surface area (Å²) in [5, 5.41) is 5.82. The number of hydrogen-bond acceptors (Lipinski definition) is 5. The molecule has 0 unspecified atom stereocenters. The van der Waals surface area contributed by atoms with E-state index in [4.69, 9.17) is 11.6 Å². The molecule has 19 heavy (non-hydrogen) atoms. The Labute approximate surface area is 120 Å². The van der Waals surface area contributed by atoms with Crippen LogP contribution in [-0.4, -0.2) is 20.4 Å². The lowest BCUT2D eigenvalue weighted by Crippen LogP contribution is -2.23. The van der Waals surface area contributed by atoms with Gasteiger partial charge in [-0.25, -0.2) is 18.1 Å². The van der Waals surface area contributed by atoms with Crippen LogP contribution in [0.3, 0.4) is 0 Å². The number of nitrogens with one attached hydrogen (secondary N) is 2. The quantitative estimate of drug-likeness (QED) is 0.888. The van der Waals surface area contributed by atoms with E-state index in [0.29, 0.717) is 10.7 Å². The topological polar surface area (TPSA) is 71.1 Å². The number of halogens is 1. The molecule has 0 aliphatic carbocycles. The number of hydrogen-bond donors (Lipinski definition) is 2. The number of aromatic nitrogens is 1. The standard InChI is InChI=1S/C11H12ClN3O2S2/c1-13-11-15-9(7-18-11)6-14-19(16,17)10-4-2-3-8(12)5-10/h2-5,7,14H,6H2,1H3,(H,13,15). The molecule has 0 saturated carbocycles. The van der Waals surface area contributed by atoms with Gasteiger partial charge in [0.1, 0.15) is 0 Å². The lowest BCUT2D eigenvalue weighted by Gasteiger charge is -2.05. The fraction of sp³-hybridized carbons (Fsp3) is 0.182. The van der Waals surface area contributed by atoms with Gasteiger partial charge in [-0.2, -0.15) is 0 Å². The van der Waals surface area contributed by atoms with Gasteiger partial charge in [-0.05, 0) is 18.2 Å². The van der Waals surface area contributed by atoms with Crippen molar-refractivity contribution in [1.82, 2.24) is 9.71 Å². The highest BCUT2D eigenvalue weighted by Crippen LogP contribution is 2.17. The van der Waals surface area contributed by atoms with E-state index >= 15 is 0 Å². The van der Waals surface area contributed by atoms with Crippen molar-refractivity contribution in [2.24, 2.45) is 0 Å². The average molecular weight is 318 g/mol. The monoisotopic (exact) mass is 317 g/mol. The lowest BCUT2D eigenvalue weighted by atomic mass is 10.4. The molecule has 0 saturated heterocycles. The zero-order valence-corrected chi connectivity index (χ0v) is 12.4. The number of sulfonamides is 1. The Morgan fingerprint density at radius 3 is 2.84 bits per heavy atom. The molecule has 2 aromatic rings. The van der Waals surface area contributed by atoms with Crippen LogP contribution in [0.4, 0.5) is 5.13 Å². The van der Waals surface area contributed by atoms with Crippen molar-refractivity contribution in [3.63, 3.8) is 0 Å². The second kappa shape index (κ2) is 5.87. The van der Waals surface area contributed by atoms with E-state index in [1.165, 1.54) is 23.5 Å². The van der Waals surface area contributed by atoms with Crippen molar-refractivity contribution < 1.29 is 8.42 Å². The minimum Gasteiger partial charge on any atom is -0.365 e. The third-order valence-electron chi connectivity index (χ3n) is 2.32. The molecule has 0 spiro atoms. The number of benzene rings is 1. The summed E-state index contributed by atoms with van der Waals surface area (Å²) in [6, 6.07) is 6.12. The van der Waals surface area contributed by atoms with Gasteiger partial charge >= 0.3 is 0 Å². The summed E-state index contributed by atoms with van der Waals surface area (Å²) in [6.07, 6.45) is 0. The maximum Gasteiger partial charge on any atom is 0.240 e. The highest BCUT2D eigenvalue weighted by Gasteiger charge is 2.14. The first-order chi connectivity index (χ1) is 9.01. The van der Waals surface area contributed by atoms with Crippen LogP contribution in [0.5, 0.6) is 0 Å². The molecule has 0 amide bonds. The normalized spacial score (nSPS) is 11.5. The van der Waals surface area contributed by atoms with Gasteiger partial charge in [0.2, 0.25) is 10.0 Å². The van der Waals surface area contributed by atoms with Crippen molar-refractivity contribution in [3.05, 3.63) is 40.4 Å². The predicted octanol–water partition coefficient (Wildman–Crippen LogP) is 2.32. The molecule has 0 aliphatic heterocycles. The number of nitrogens with zero attached hydrogens (tertiary/aromatic N) is 1. The molecule has 1 aromatic heterocycles. The largest absolute Gasteiger partial charge is 0.365 e. The van der Waals surface area contributed by atoms with E-state index in [0.717, 1.165) is 5.13 Å². The molecule has 1 heterocycles. The van der Waals surface area contributed by atoms with Crippen molar-refractivity contribution in [1.29, 1.82) is 0 Å². The van der Waals surface area contributed by atoms with E-state index < -0.39 is 10.0 Å². The molecule has 2 rings (SSSR count). The second-order valence-corrected chi connectivity index (χ2v) is 6.74. The van der Waals surface area contributed by atoms with Gasteiger partial charge in [-0.3, -0.25) is 0 Å². The Morgan fingerprint density at radius 1 is 1.42 bits per heavy atom. The van der Waals surface area contributed by atoms with Crippen LogP contribution in [0, 0.1) is 0 Å². The summed E-state index contributed by atoms with van der Waals surface area (Å²) in [5.74, 6) is 0. The second-order valence-electron chi connectivity index (χ2n) is 3.68. The van der Waals surface area contributed by atoms with Crippen LogP contribution < -0.4 is 10.0 Å². The van der Waals surface area contributed by atoms with Gasteiger partial charge in [0.25, 0.3) is 0 Å². The summed E-state index contributed by atoms with van der Waals surface area (Å²) in [5.41, 5.74) is 0.667. The van der Waals surface area contributed by atoms with E-state index in [1.807, 2.05) is 0 Å². The van der Waals surface area contributed by atoms with E-state index in [2.05, 4.69) is 15.0 Å². The van der Waals surface area contributed by atoms with Crippen LogP contribution in [0.2, 0.25) is 5.02 Å². The summed E-state index contributed by atoms with van der Waals surface area (Å²) >= 11 is 7.20. The van der Waals surface area contributed by atoms with Crippen molar-refractivity contribution in [3.8, 4) is 0 Å². The Bertz CT molecular complexity index is 670. The zero-order chi connectivity index (χ0) is 13.9. The van der Waals surface area contributed by atoms with Crippen molar-refractivity contribution in [2.45, 2.75) is 11.4 Å². The molecule has 0 fully saturated rings. The zero-order valence-electron chi connectivity index (χ0n) is 10.1.